The van der Waals surface area contributed by atoms with E-state index in [9.17, 15) is 0 Å². The molecule has 0 aliphatic carbocycles. The van der Waals surface area contributed by atoms with Gasteiger partial charge in [0.1, 0.15) is 0 Å². The van der Waals surface area contributed by atoms with E-state index in [1.165, 1.54) is 5.69 Å². The van der Waals surface area contributed by atoms with Gasteiger partial charge in [0.25, 0.3) is 0 Å². The third-order valence-electron chi connectivity index (χ3n) is 2.01. The molecule has 0 fully saturated rings. The van der Waals surface area contributed by atoms with Gasteiger partial charge in [0, 0.05) is 25.3 Å². The average molecular weight is 178 g/mol. The van der Waals surface area contributed by atoms with Crippen LogP contribution in [-0.4, -0.2) is 19.6 Å². The minimum atomic E-state index is 0.717. The minimum Gasteiger partial charge on any atom is -0.370 e. The zero-order chi connectivity index (χ0) is 9.52. The highest BCUT2D eigenvalue weighted by Gasteiger charge is 2.01. The number of hydrogen-bond donors (Lipinski definition) is 1. The van der Waals surface area contributed by atoms with Crippen molar-refractivity contribution in [3.05, 3.63) is 30.3 Å². The maximum atomic E-state index is 5.56. The molecule has 1 aromatic carbocycles. The van der Waals surface area contributed by atoms with Crippen molar-refractivity contribution in [2.24, 2.45) is 5.73 Å². The van der Waals surface area contributed by atoms with Crippen molar-refractivity contribution in [1.29, 1.82) is 0 Å². The van der Waals surface area contributed by atoms with Crippen molar-refractivity contribution in [3.63, 3.8) is 0 Å². The summed E-state index contributed by atoms with van der Waals surface area (Å²) >= 11 is 0. The smallest absolute Gasteiger partial charge is 0.0366 e. The number of rotatable bonds is 5. The van der Waals surface area contributed by atoms with E-state index in [1.807, 2.05) is 6.07 Å². The van der Waals surface area contributed by atoms with Crippen molar-refractivity contribution in [2.75, 3.05) is 24.5 Å². The molecule has 72 valence electrons. The lowest BCUT2D eigenvalue weighted by atomic mass is 10.2. The van der Waals surface area contributed by atoms with Crippen LogP contribution in [-0.2, 0) is 0 Å². The molecule has 2 N–H and O–H groups in total. The van der Waals surface area contributed by atoms with Gasteiger partial charge in [-0.15, -0.1) is 0 Å². The first-order valence-corrected chi connectivity index (χ1v) is 4.88. The van der Waals surface area contributed by atoms with Crippen LogP contribution in [0.3, 0.4) is 0 Å². The van der Waals surface area contributed by atoms with Crippen LogP contribution in [0.4, 0.5) is 5.69 Å². The Labute approximate surface area is 80.4 Å². The fourth-order valence-corrected chi connectivity index (χ4v) is 1.43. The van der Waals surface area contributed by atoms with Gasteiger partial charge < -0.3 is 10.6 Å². The topological polar surface area (TPSA) is 29.3 Å². The van der Waals surface area contributed by atoms with Gasteiger partial charge in [-0.25, -0.2) is 0 Å². The summed E-state index contributed by atoms with van der Waals surface area (Å²) in [5.41, 5.74) is 6.83. The van der Waals surface area contributed by atoms with Crippen LogP contribution in [0.2, 0.25) is 0 Å². The van der Waals surface area contributed by atoms with Crippen LogP contribution in [0.25, 0.3) is 0 Å². The molecule has 1 aromatic rings. The molecular weight excluding hydrogens is 160 g/mol. The summed E-state index contributed by atoms with van der Waals surface area (Å²) in [6, 6.07) is 10.4. The summed E-state index contributed by atoms with van der Waals surface area (Å²) in [4.78, 5) is 2.32. The van der Waals surface area contributed by atoms with Gasteiger partial charge in [-0.05, 0) is 18.6 Å². The Hall–Kier alpha value is -1.02. The van der Waals surface area contributed by atoms with Gasteiger partial charge in [-0.2, -0.15) is 0 Å². The van der Waals surface area contributed by atoms with Crippen molar-refractivity contribution >= 4 is 5.69 Å². The van der Waals surface area contributed by atoms with E-state index >= 15 is 0 Å². The molecule has 0 aliphatic rings. The fraction of sp³-hybridized carbons (Fsp3) is 0.455. The van der Waals surface area contributed by atoms with Crippen LogP contribution >= 0.6 is 0 Å². The second kappa shape index (κ2) is 5.60. The van der Waals surface area contributed by atoms with Crippen LogP contribution in [0, 0.1) is 0 Å². The first kappa shape index (κ1) is 10.1. The quantitative estimate of drug-likeness (QED) is 0.745. The molecule has 0 heterocycles. The second-order valence-electron chi connectivity index (χ2n) is 3.11. The molecule has 0 aromatic heterocycles. The molecule has 0 amide bonds. The Bertz CT molecular complexity index is 215. The zero-order valence-electron chi connectivity index (χ0n) is 8.24. The van der Waals surface area contributed by atoms with Gasteiger partial charge in [-0.3, -0.25) is 0 Å². The fourth-order valence-electron chi connectivity index (χ4n) is 1.43. The summed E-state index contributed by atoms with van der Waals surface area (Å²) in [6.45, 7) is 4.93. The molecule has 0 atom stereocenters. The maximum absolute atomic E-state index is 5.56. The van der Waals surface area contributed by atoms with Crippen LogP contribution in [0.1, 0.15) is 13.3 Å². The van der Waals surface area contributed by atoms with Gasteiger partial charge in [0.05, 0.1) is 0 Å². The van der Waals surface area contributed by atoms with Gasteiger partial charge in [0.15, 0.2) is 0 Å². The van der Waals surface area contributed by atoms with E-state index in [4.69, 9.17) is 5.73 Å². The lowest BCUT2D eigenvalue weighted by Crippen LogP contribution is -2.29. The Morgan fingerprint density at radius 1 is 1.15 bits per heavy atom. The molecule has 2 heteroatoms. The number of benzene rings is 1. The monoisotopic (exact) mass is 178 g/mol. The molecule has 0 aliphatic heterocycles. The Morgan fingerprint density at radius 2 is 1.85 bits per heavy atom. The van der Waals surface area contributed by atoms with Crippen LogP contribution in [0.5, 0.6) is 0 Å². The predicted octanol–water partition coefficient (Wildman–Crippen LogP) is 1.86. The maximum Gasteiger partial charge on any atom is 0.0366 e. The molecule has 0 radical (unpaired) electrons. The molecular formula is C11H18N2. The minimum absolute atomic E-state index is 0.717. The van der Waals surface area contributed by atoms with Crippen molar-refractivity contribution < 1.29 is 0 Å². The van der Waals surface area contributed by atoms with E-state index in [-0.39, 0.29) is 0 Å². The Morgan fingerprint density at radius 3 is 2.38 bits per heavy atom. The summed E-state index contributed by atoms with van der Waals surface area (Å²) in [6.07, 6.45) is 1.16. The number of nitrogens with two attached hydrogens (primary N) is 1. The number of anilines is 1. The normalized spacial score (nSPS) is 10.0. The predicted molar refractivity (Wildman–Crippen MR) is 58.0 cm³/mol. The van der Waals surface area contributed by atoms with E-state index in [0.717, 1.165) is 26.1 Å². The third kappa shape index (κ3) is 3.07. The van der Waals surface area contributed by atoms with E-state index in [1.54, 1.807) is 0 Å². The summed E-state index contributed by atoms with van der Waals surface area (Å²) in [5, 5.41) is 0. The molecule has 1 rings (SSSR count). The highest BCUT2D eigenvalue weighted by atomic mass is 15.1. The summed E-state index contributed by atoms with van der Waals surface area (Å²) in [7, 11) is 0. The number of hydrogen-bond acceptors (Lipinski definition) is 2. The molecule has 0 bridgehead atoms. The van der Waals surface area contributed by atoms with Gasteiger partial charge in [-0.1, -0.05) is 25.1 Å². The molecule has 0 spiro atoms. The van der Waals surface area contributed by atoms with E-state index < -0.39 is 0 Å². The molecule has 0 saturated heterocycles. The first-order chi connectivity index (χ1) is 6.38. The molecule has 2 nitrogen and oxygen atoms in total. The SMILES string of the molecule is CCCN(CCN)c1ccccc1. The Kier molecular flexibility index (Phi) is 4.33. The summed E-state index contributed by atoms with van der Waals surface area (Å²) in [5.74, 6) is 0. The average Bonchev–Trinajstić information content (AvgIpc) is 2.19. The number of para-hydroxylation sites is 1. The standard InChI is InChI=1S/C11H18N2/c1-2-9-13(10-8-12)11-6-4-3-5-7-11/h3-7H,2,8-10,12H2,1H3. The van der Waals surface area contributed by atoms with Gasteiger partial charge in [0.2, 0.25) is 0 Å². The highest BCUT2D eigenvalue weighted by Crippen LogP contribution is 2.12. The van der Waals surface area contributed by atoms with E-state index in [0.29, 0.717) is 0 Å². The molecule has 13 heavy (non-hydrogen) atoms. The van der Waals surface area contributed by atoms with Crippen LogP contribution < -0.4 is 10.6 Å². The third-order valence-corrected chi connectivity index (χ3v) is 2.01. The largest absolute Gasteiger partial charge is 0.370 e. The van der Waals surface area contributed by atoms with Crippen LogP contribution in [0.15, 0.2) is 30.3 Å². The summed E-state index contributed by atoms with van der Waals surface area (Å²) < 4.78 is 0. The molecule has 0 saturated carbocycles. The number of nitrogens with zero attached hydrogens (tertiary/aromatic N) is 1. The highest BCUT2D eigenvalue weighted by molar-refractivity contribution is 5.45. The first-order valence-electron chi connectivity index (χ1n) is 4.88. The lowest BCUT2D eigenvalue weighted by molar-refractivity contribution is 0.762. The second-order valence-corrected chi connectivity index (χ2v) is 3.11. The van der Waals surface area contributed by atoms with Crippen molar-refractivity contribution in [3.8, 4) is 0 Å². The van der Waals surface area contributed by atoms with E-state index in [2.05, 4.69) is 36.1 Å². The molecule has 0 unspecified atom stereocenters. The van der Waals surface area contributed by atoms with Gasteiger partial charge >= 0.3 is 0 Å². The lowest BCUT2D eigenvalue weighted by Gasteiger charge is -2.23. The zero-order valence-corrected chi connectivity index (χ0v) is 8.24. The van der Waals surface area contributed by atoms with Crippen molar-refractivity contribution in [1.82, 2.24) is 0 Å². The van der Waals surface area contributed by atoms with Crippen molar-refractivity contribution in [2.45, 2.75) is 13.3 Å². The Balaban J connectivity index is 2.64.